The van der Waals surface area contributed by atoms with Gasteiger partial charge in [-0.3, -0.25) is 14.4 Å². The molecule has 0 bridgehead atoms. The third-order valence-electron chi connectivity index (χ3n) is 8.89. The molecule has 1 aliphatic rings. The van der Waals surface area contributed by atoms with E-state index in [2.05, 4.69) is 27.9 Å². The van der Waals surface area contributed by atoms with Crippen molar-refractivity contribution in [2.75, 3.05) is 32.1 Å². The molecule has 1 aliphatic heterocycles. The number of nitrogens with one attached hydrogen (secondary N) is 3. The Morgan fingerprint density at radius 2 is 1.59 bits per heavy atom. The van der Waals surface area contributed by atoms with Gasteiger partial charge in [0.25, 0.3) is 11.8 Å². The molecule has 1 fully saturated rings. The number of alkyl carbamates (subject to hydrolysis) is 1. The SMILES string of the molecule is COc1ccc(C(C)(C(=O)N2CCC(C)CC2)n2cnc(NC(=O)[C@H](COCc3ccccc3)NC(=O)C(C)(C)NC(=O)OC(C)(C)C)c2)cc1. The molecule has 13 nitrogen and oxygen atoms in total. The Morgan fingerprint density at radius 3 is 2.20 bits per heavy atom. The van der Waals surface area contributed by atoms with Gasteiger partial charge in [-0.25, -0.2) is 9.78 Å². The van der Waals surface area contributed by atoms with Crippen molar-refractivity contribution in [3.05, 3.63) is 78.2 Å². The Labute approximate surface area is 300 Å². The predicted octanol–water partition coefficient (Wildman–Crippen LogP) is 4.86. The van der Waals surface area contributed by atoms with E-state index in [0.29, 0.717) is 24.8 Å². The number of nitrogens with zero attached hydrogens (tertiary/aromatic N) is 3. The molecule has 3 N–H and O–H groups in total. The molecule has 4 amide bonds. The second kappa shape index (κ2) is 16.4. The zero-order chi connectivity index (χ0) is 37.4. The van der Waals surface area contributed by atoms with Crippen LogP contribution < -0.4 is 20.7 Å². The summed E-state index contributed by atoms with van der Waals surface area (Å²) in [6.07, 6.45) is 4.17. The van der Waals surface area contributed by atoms with Crippen molar-refractivity contribution in [2.24, 2.45) is 5.92 Å². The van der Waals surface area contributed by atoms with Crippen molar-refractivity contribution in [3.8, 4) is 5.75 Å². The van der Waals surface area contributed by atoms with Gasteiger partial charge in [-0.05, 0) is 83.6 Å². The number of benzene rings is 2. The van der Waals surface area contributed by atoms with E-state index in [1.165, 1.54) is 20.2 Å². The van der Waals surface area contributed by atoms with Crippen molar-refractivity contribution in [3.63, 3.8) is 0 Å². The zero-order valence-electron chi connectivity index (χ0n) is 30.9. The molecule has 276 valence electrons. The summed E-state index contributed by atoms with van der Waals surface area (Å²) in [5, 5.41) is 8.07. The molecule has 0 radical (unpaired) electrons. The van der Waals surface area contributed by atoms with Crippen LogP contribution in [0.5, 0.6) is 5.75 Å². The molecule has 0 saturated carbocycles. The quantitative estimate of drug-likeness (QED) is 0.228. The van der Waals surface area contributed by atoms with Gasteiger partial charge in [-0.15, -0.1) is 0 Å². The van der Waals surface area contributed by atoms with E-state index in [9.17, 15) is 19.2 Å². The lowest BCUT2D eigenvalue weighted by Crippen LogP contribution is -2.59. The van der Waals surface area contributed by atoms with Crippen molar-refractivity contribution in [1.82, 2.24) is 25.1 Å². The molecular formula is C38H52N6O7. The summed E-state index contributed by atoms with van der Waals surface area (Å²) >= 11 is 0. The second-order valence-electron chi connectivity index (χ2n) is 14.7. The number of amides is 4. The van der Waals surface area contributed by atoms with Gasteiger partial charge in [0.1, 0.15) is 28.5 Å². The van der Waals surface area contributed by atoms with E-state index in [1.54, 1.807) is 50.8 Å². The average molecular weight is 705 g/mol. The summed E-state index contributed by atoms with van der Waals surface area (Å²) in [6, 6.07) is 15.6. The van der Waals surface area contributed by atoms with Crippen LogP contribution in [0.1, 0.15) is 72.4 Å². The van der Waals surface area contributed by atoms with Gasteiger partial charge in [-0.1, -0.05) is 49.4 Å². The minimum Gasteiger partial charge on any atom is -0.497 e. The van der Waals surface area contributed by atoms with Crippen LogP contribution in [0.2, 0.25) is 0 Å². The maximum absolute atomic E-state index is 14.3. The number of aromatic nitrogens is 2. The van der Waals surface area contributed by atoms with Gasteiger partial charge in [-0.2, -0.15) is 0 Å². The maximum atomic E-state index is 14.3. The first-order valence-corrected chi connectivity index (χ1v) is 17.2. The number of imidazole rings is 1. The standard InChI is InChI=1S/C38H52N6O7/c1-26-18-20-43(21-19-26)34(47)38(7,28-14-16-29(49-8)17-15-28)44-22-31(39-25-44)41-32(45)30(24-50-23-27-12-10-9-11-13-27)40-33(46)37(5,6)42-35(48)51-36(2,3)4/h9-17,22,25-26,30H,18-21,23-24H2,1-8H3,(H,40,46)(H,41,45)(H,42,48)/t30-,38?/m0/s1. The number of anilines is 1. The second-order valence-corrected chi connectivity index (χ2v) is 14.7. The van der Waals surface area contributed by atoms with Crippen LogP contribution >= 0.6 is 0 Å². The van der Waals surface area contributed by atoms with E-state index >= 15 is 0 Å². The summed E-state index contributed by atoms with van der Waals surface area (Å²) in [5.41, 5.74) is -1.78. The summed E-state index contributed by atoms with van der Waals surface area (Å²) < 4.78 is 18.2. The number of hydrogen-bond acceptors (Lipinski definition) is 8. The molecule has 1 saturated heterocycles. The topological polar surface area (TPSA) is 153 Å². The van der Waals surface area contributed by atoms with Crippen LogP contribution in [0.15, 0.2) is 67.1 Å². The van der Waals surface area contributed by atoms with Crippen molar-refractivity contribution in [1.29, 1.82) is 0 Å². The van der Waals surface area contributed by atoms with Gasteiger partial charge in [0, 0.05) is 19.3 Å². The number of carbonyl (C=O) groups excluding carboxylic acids is 4. The molecule has 1 unspecified atom stereocenters. The van der Waals surface area contributed by atoms with E-state index in [0.717, 1.165) is 24.0 Å². The van der Waals surface area contributed by atoms with Gasteiger partial charge in [0.2, 0.25) is 5.91 Å². The number of hydrogen-bond donors (Lipinski definition) is 3. The van der Waals surface area contributed by atoms with Crippen molar-refractivity contribution < 1.29 is 33.4 Å². The number of ether oxygens (including phenoxy) is 3. The highest BCUT2D eigenvalue weighted by Crippen LogP contribution is 2.32. The first-order chi connectivity index (χ1) is 24.0. The number of piperidine rings is 1. The Bertz CT molecular complexity index is 1640. The van der Waals surface area contributed by atoms with Gasteiger partial charge in [0.05, 0.1) is 26.7 Å². The fraction of sp³-hybridized carbons (Fsp3) is 0.500. The molecule has 4 rings (SSSR count). The average Bonchev–Trinajstić information content (AvgIpc) is 3.55. The van der Waals surface area contributed by atoms with E-state index < -0.39 is 40.6 Å². The van der Waals surface area contributed by atoms with E-state index in [1.807, 2.05) is 54.3 Å². The van der Waals surface area contributed by atoms with Crippen molar-refractivity contribution in [2.45, 2.75) is 90.6 Å². The lowest BCUT2D eigenvalue weighted by Gasteiger charge is -2.39. The number of rotatable bonds is 13. The maximum Gasteiger partial charge on any atom is 0.408 e. The Balaban J connectivity index is 1.56. The first-order valence-electron chi connectivity index (χ1n) is 17.2. The molecule has 2 heterocycles. The summed E-state index contributed by atoms with van der Waals surface area (Å²) in [4.78, 5) is 60.3. The minimum atomic E-state index is -1.44. The minimum absolute atomic E-state index is 0.0889. The lowest BCUT2D eigenvalue weighted by molar-refractivity contribution is -0.139. The number of likely N-dealkylation sites (tertiary alicyclic amines) is 1. The number of methoxy groups -OCH3 is 1. The van der Waals surface area contributed by atoms with Crippen LogP contribution in [-0.2, 0) is 36.0 Å². The molecule has 2 aromatic carbocycles. The zero-order valence-corrected chi connectivity index (χ0v) is 30.9. The molecule has 51 heavy (non-hydrogen) atoms. The lowest BCUT2D eigenvalue weighted by atomic mass is 9.88. The molecule has 13 heteroatoms. The highest BCUT2D eigenvalue weighted by Gasteiger charge is 2.41. The first kappa shape index (κ1) is 38.9. The fourth-order valence-corrected chi connectivity index (χ4v) is 5.67. The molecule has 0 spiro atoms. The van der Waals surface area contributed by atoms with Gasteiger partial charge in [0.15, 0.2) is 5.82 Å². The van der Waals surface area contributed by atoms with Crippen LogP contribution in [0.4, 0.5) is 10.6 Å². The summed E-state index contributed by atoms with van der Waals surface area (Å²) in [6.45, 7) is 13.5. The fourth-order valence-electron chi connectivity index (χ4n) is 5.67. The van der Waals surface area contributed by atoms with Crippen LogP contribution in [0.3, 0.4) is 0 Å². The Kier molecular flexibility index (Phi) is 12.5. The molecule has 3 aromatic rings. The molecule has 2 atom stereocenters. The normalized spacial score (nSPS) is 15.6. The third-order valence-corrected chi connectivity index (χ3v) is 8.89. The molecule has 0 aliphatic carbocycles. The van der Waals surface area contributed by atoms with Gasteiger partial charge < -0.3 is 39.6 Å². The predicted molar refractivity (Wildman–Crippen MR) is 193 cm³/mol. The number of carbonyl (C=O) groups is 4. The highest BCUT2D eigenvalue weighted by atomic mass is 16.6. The largest absolute Gasteiger partial charge is 0.497 e. The van der Waals surface area contributed by atoms with Crippen LogP contribution in [0.25, 0.3) is 0 Å². The van der Waals surface area contributed by atoms with Gasteiger partial charge >= 0.3 is 6.09 Å². The summed E-state index contributed by atoms with van der Waals surface area (Å²) in [5.74, 6) is 0.0569. The third kappa shape index (κ3) is 10.3. The monoisotopic (exact) mass is 704 g/mol. The van der Waals surface area contributed by atoms with Crippen LogP contribution in [0, 0.1) is 5.92 Å². The smallest absolute Gasteiger partial charge is 0.408 e. The molecule has 1 aromatic heterocycles. The van der Waals surface area contributed by atoms with Crippen LogP contribution in [-0.4, -0.2) is 82.3 Å². The van der Waals surface area contributed by atoms with E-state index in [-0.39, 0.29) is 24.9 Å². The Morgan fingerprint density at radius 1 is 0.941 bits per heavy atom. The Hall–Kier alpha value is -4.91. The van der Waals surface area contributed by atoms with E-state index in [4.69, 9.17) is 14.2 Å². The highest BCUT2D eigenvalue weighted by molar-refractivity contribution is 5.98. The van der Waals surface area contributed by atoms with Crippen molar-refractivity contribution >= 4 is 29.6 Å². The summed E-state index contributed by atoms with van der Waals surface area (Å²) in [7, 11) is 1.58. The molecular weight excluding hydrogens is 652 g/mol.